The second-order valence-corrected chi connectivity index (χ2v) is 9.39. The highest BCUT2D eigenvalue weighted by atomic mass is 32.2. The number of amides is 1. The lowest BCUT2D eigenvalue weighted by molar-refractivity contribution is 0.0746. The van der Waals surface area contributed by atoms with Crippen LogP contribution in [0.15, 0.2) is 48.5 Å². The van der Waals surface area contributed by atoms with Crippen molar-refractivity contribution < 1.29 is 17.6 Å². The van der Waals surface area contributed by atoms with Gasteiger partial charge in [-0.2, -0.15) is 0 Å². The number of hydrogen-bond acceptors (Lipinski definition) is 4. The molecule has 2 aliphatic heterocycles. The molecule has 2 aliphatic rings. The lowest BCUT2D eigenvalue weighted by Gasteiger charge is -2.36. The fourth-order valence-corrected chi connectivity index (χ4v) is 5.55. The van der Waals surface area contributed by atoms with E-state index in [-0.39, 0.29) is 17.5 Å². The number of hydrogen-bond donors (Lipinski definition) is 0. The highest BCUT2D eigenvalue weighted by Gasteiger charge is 2.28. The molecule has 1 amide bonds. The van der Waals surface area contributed by atoms with E-state index >= 15 is 0 Å². The number of carbonyl (C=O) groups is 1. The van der Waals surface area contributed by atoms with Crippen LogP contribution in [0.4, 0.5) is 15.8 Å². The average molecular weight is 418 g/mol. The molecular weight excluding hydrogens is 393 g/mol. The molecule has 0 N–H and O–H groups in total. The van der Waals surface area contributed by atoms with Crippen LogP contribution in [0.1, 0.15) is 23.2 Å². The summed E-state index contributed by atoms with van der Waals surface area (Å²) in [6, 6.07) is 13.5. The van der Waals surface area contributed by atoms with Crippen molar-refractivity contribution in [3.05, 3.63) is 59.9 Å². The summed E-state index contributed by atoms with van der Waals surface area (Å²) in [5, 5.41) is 0. The molecule has 6 nitrogen and oxygen atoms in total. The first-order chi connectivity index (χ1) is 14.0. The SMILES string of the molecule is O=C(c1cccc(N2CCCCS2(=O)=O)c1)N1CCN(c2ccccc2F)CC1. The number of sulfonamides is 1. The molecule has 0 aliphatic carbocycles. The van der Waals surface area contributed by atoms with Gasteiger partial charge in [0.15, 0.2) is 0 Å². The molecule has 2 aromatic rings. The Bertz CT molecular complexity index is 1000. The molecule has 2 fully saturated rings. The molecule has 0 saturated carbocycles. The Morgan fingerprint density at radius 1 is 0.897 bits per heavy atom. The summed E-state index contributed by atoms with van der Waals surface area (Å²) < 4.78 is 40.1. The van der Waals surface area contributed by atoms with Crippen LogP contribution in [0.5, 0.6) is 0 Å². The largest absolute Gasteiger partial charge is 0.366 e. The zero-order chi connectivity index (χ0) is 20.4. The van der Waals surface area contributed by atoms with Crippen LogP contribution in [-0.4, -0.2) is 57.7 Å². The first kappa shape index (κ1) is 19.7. The normalized spacial score (nSPS) is 19.3. The van der Waals surface area contributed by atoms with Crippen LogP contribution in [0, 0.1) is 5.82 Å². The maximum atomic E-state index is 14.0. The van der Waals surface area contributed by atoms with E-state index in [9.17, 15) is 17.6 Å². The minimum atomic E-state index is -3.32. The molecule has 0 bridgehead atoms. The number of rotatable bonds is 3. The standard InChI is InChI=1S/C21H24FN3O3S/c22-19-8-1-2-9-20(19)23-11-13-24(14-12-23)21(26)17-6-5-7-18(16-17)25-10-3-4-15-29(25,27)28/h1-2,5-9,16H,3-4,10-15H2. The highest BCUT2D eigenvalue weighted by Crippen LogP contribution is 2.25. The van der Waals surface area contributed by atoms with Crippen molar-refractivity contribution in [3.8, 4) is 0 Å². The van der Waals surface area contributed by atoms with Crippen LogP contribution in [0.2, 0.25) is 0 Å². The number of benzene rings is 2. The van der Waals surface area contributed by atoms with Crippen LogP contribution in [0.25, 0.3) is 0 Å². The third kappa shape index (κ3) is 4.07. The van der Waals surface area contributed by atoms with Gasteiger partial charge in [0, 0.05) is 38.3 Å². The number of piperazine rings is 1. The summed E-state index contributed by atoms with van der Waals surface area (Å²) in [7, 11) is -3.32. The van der Waals surface area contributed by atoms with Gasteiger partial charge in [0.1, 0.15) is 5.82 Å². The van der Waals surface area contributed by atoms with Crippen molar-refractivity contribution in [1.29, 1.82) is 0 Å². The monoisotopic (exact) mass is 417 g/mol. The molecule has 2 aromatic carbocycles. The molecule has 2 saturated heterocycles. The van der Waals surface area contributed by atoms with Crippen LogP contribution in [-0.2, 0) is 10.0 Å². The second-order valence-electron chi connectivity index (χ2n) is 7.38. The second kappa shape index (κ2) is 8.02. The molecule has 0 spiro atoms. The molecule has 2 heterocycles. The van der Waals surface area contributed by atoms with Crippen molar-refractivity contribution in [1.82, 2.24) is 4.90 Å². The van der Waals surface area contributed by atoms with Gasteiger partial charge < -0.3 is 9.80 Å². The zero-order valence-corrected chi connectivity index (χ0v) is 16.9. The predicted molar refractivity (Wildman–Crippen MR) is 111 cm³/mol. The van der Waals surface area contributed by atoms with E-state index in [1.807, 2.05) is 4.90 Å². The molecule has 0 unspecified atom stereocenters. The van der Waals surface area contributed by atoms with E-state index in [2.05, 4.69) is 0 Å². The van der Waals surface area contributed by atoms with Gasteiger partial charge in [0.05, 0.1) is 17.1 Å². The number of carbonyl (C=O) groups excluding carboxylic acids is 1. The summed E-state index contributed by atoms with van der Waals surface area (Å²) in [5.41, 5.74) is 1.57. The average Bonchev–Trinajstić information content (AvgIpc) is 2.73. The van der Waals surface area contributed by atoms with Gasteiger partial charge >= 0.3 is 0 Å². The van der Waals surface area contributed by atoms with E-state index in [4.69, 9.17) is 0 Å². The minimum absolute atomic E-state index is 0.130. The Labute approximate surface area is 170 Å². The highest BCUT2D eigenvalue weighted by molar-refractivity contribution is 7.92. The van der Waals surface area contributed by atoms with Crippen molar-refractivity contribution in [2.75, 3.05) is 47.7 Å². The molecule has 0 atom stereocenters. The molecule has 0 aromatic heterocycles. The summed E-state index contributed by atoms with van der Waals surface area (Å²) in [6.45, 7) is 2.51. The van der Waals surface area contributed by atoms with E-state index in [1.165, 1.54) is 10.4 Å². The van der Waals surface area contributed by atoms with Crippen molar-refractivity contribution >= 4 is 27.3 Å². The Balaban J connectivity index is 1.46. The van der Waals surface area contributed by atoms with E-state index < -0.39 is 10.0 Å². The van der Waals surface area contributed by atoms with Crippen molar-refractivity contribution in [2.45, 2.75) is 12.8 Å². The van der Waals surface area contributed by atoms with E-state index in [0.717, 1.165) is 6.42 Å². The van der Waals surface area contributed by atoms with Gasteiger partial charge in [0.25, 0.3) is 5.91 Å². The lowest BCUT2D eigenvalue weighted by Crippen LogP contribution is -2.49. The Morgan fingerprint density at radius 3 is 2.38 bits per heavy atom. The summed E-state index contributed by atoms with van der Waals surface area (Å²) in [6.07, 6.45) is 1.49. The Kier molecular flexibility index (Phi) is 5.45. The number of anilines is 2. The molecule has 154 valence electrons. The molecule has 29 heavy (non-hydrogen) atoms. The van der Waals surface area contributed by atoms with Crippen LogP contribution >= 0.6 is 0 Å². The van der Waals surface area contributed by atoms with Gasteiger partial charge in [-0.3, -0.25) is 9.10 Å². The smallest absolute Gasteiger partial charge is 0.254 e. The fourth-order valence-electron chi connectivity index (χ4n) is 3.91. The van der Waals surface area contributed by atoms with E-state index in [0.29, 0.717) is 56.1 Å². The third-order valence-electron chi connectivity index (χ3n) is 5.49. The predicted octanol–water partition coefficient (Wildman–Crippen LogP) is 2.72. The fraction of sp³-hybridized carbons (Fsp3) is 0.381. The quantitative estimate of drug-likeness (QED) is 0.771. The molecular formula is C21H24FN3O3S. The number of nitrogens with zero attached hydrogens (tertiary/aromatic N) is 3. The maximum absolute atomic E-state index is 14.0. The minimum Gasteiger partial charge on any atom is -0.366 e. The van der Waals surface area contributed by atoms with Gasteiger partial charge in [-0.05, 0) is 43.2 Å². The topological polar surface area (TPSA) is 60.9 Å². The van der Waals surface area contributed by atoms with Gasteiger partial charge in [0.2, 0.25) is 10.0 Å². The lowest BCUT2D eigenvalue weighted by atomic mass is 10.1. The third-order valence-corrected chi connectivity index (χ3v) is 7.36. The Hall–Kier alpha value is -2.61. The van der Waals surface area contributed by atoms with Gasteiger partial charge in [-0.1, -0.05) is 18.2 Å². The Morgan fingerprint density at radius 2 is 1.66 bits per heavy atom. The first-order valence-corrected chi connectivity index (χ1v) is 11.5. The first-order valence-electron chi connectivity index (χ1n) is 9.85. The number of para-hydroxylation sites is 1. The molecule has 8 heteroatoms. The van der Waals surface area contributed by atoms with Crippen molar-refractivity contribution in [3.63, 3.8) is 0 Å². The summed E-state index contributed by atoms with van der Waals surface area (Å²) in [5.74, 6) is -0.249. The zero-order valence-electron chi connectivity index (χ0n) is 16.1. The summed E-state index contributed by atoms with van der Waals surface area (Å²) in [4.78, 5) is 16.6. The molecule has 4 rings (SSSR count). The van der Waals surface area contributed by atoms with Crippen molar-refractivity contribution in [2.24, 2.45) is 0 Å². The van der Waals surface area contributed by atoms with E-state index in [1.54, 1.807) is 47.4 Å². The van der Waals surface area contributed by atoms with Crippen LogP contribution in [0.3, 0.4) is 0 Å². The van der Waals surface area contributed by atoms with Crippen LogP contribution < -0.4 is 9.21 Å². The maximum Gasteiger partial charge on any atom is 0.254 e. The van der Waals surface area contributed by atoms with Gasteiger partial charge in [-0.25, -0.2) is 12.8 Å². The number of halogens is 1. The van der Waals surface area contributed by atoms with Gasteiger partial charge in [-0.15, -0.1) is 0 Å². The summed E-state index contributed by atoms with van der Waals surface area (Å²) >= 11 is 0. The molecule has 0 radical (unpaired) electrons.